The number of amides is 1. The molecule has 0 unspecified atom stereocenters. The molecule has 3 aromatic rings. The number of rotatable bonds is 5. The third-order valence-corrected chi connectivity index (χ3v) is 3.92. The van der Waals surface area contributed by atoms with Crippen LogP contribution >= 0.6 is 11.6 Å². The predicted octanol–water partition coefficient (Wildman–Crippen LogP) is 4.41. The molecule has 0 heterocycles. The van der Waals surface area contributed by atoms with E-state index >= 15 is 0 Å². The number of carbonyl (C=O) groups excluding carboxylic acids is 1. The number of hydrogen-bond donors (Lipinski definition) is 1. The van der Waals surface area contributed by atoms with Crippen molar-refractivity contribution in [1.29, 1.82) is 0 Å². The van der Waals surface area contributed by atoms with E-state index in [2.05, 4.69) is 10.5 Å². The number of fused-ring (bicyclic) bond motifs is 1. The van der Waals surface area contributed by atoms with E-state index in [1.165, 1.54) is 0 Å². The first kappa shape index (κ1) is 17.0. The van der Waals surface area contributed by atoms with Gasteiger partial charge in [-0.15, -0.1) is 0 Å². The molecule has 25 heavy (non-hydrogen) atoms. The van der Waals surface area contributed by atoms with E-state index in [0.29, 0.717) is 16.5 Å². The Kier molecular flexibility index (Phi) is 5.31. The van der Waals surface area contributed by atoms with Gasteiger partial charge < -0.3 is 4.74 Å². The second-order valence-corrected chi connectivity index (χ2v) is 5.98. The number of hydrazone groups is 1. The number of nitrogens with one attached hydrogen (secondary N) is 1. The normalized spacial score (nSPS) is 11.4. The number of hydrogen-bond acceptors (Lipinski definition) is 3. The lowest BCUT2D eigenvalue weighted by Crippen LogP contribution is -2.25. The van der Waals surface area contributed by atoms with E-state index in [1.807, 2.05) is 54.6 Å². The average Bonchev–Trinajstić information content (AvgIpc) is 2.64. The molecule has 0 aliphatic rings. The molecule has 0 aliphatic carbocycles. The molecule has 3 rings (SSSR count). The molecule has 0 radical (unpaired) electrons. The Morgan fingerprint density at radius 3 is 2.64 bits per heavy atom. The van der Waals surface area contributed by atoms with Crippen molar-refractivity contribution in [2.75, 3.05) is 6.61 Å². The summed E-state index contributed by atoms with van der Waals surface area (Å²) in [5, 5.41) is 6.89. The van der Waals surface area contributed by atoms with Crippen molar-refractivity contribution >= 4 is 34.0 Å². The van der Waals surface area contributed by atoms with Crippen LogP contribution in [0.3, 0.4) is 0 Å². The minimum Gasteiger partial charge on any atom is -0.484 e. The number of benzene rings is 3. The van der Waals surface area contributed by atoms with E-state index in [4.69, 9.17) is 16.3 Å². The number of halogens is 1. The van der Waals surface area contributed by atoms with Crippen molar-refractivity contribution in [3.05, 3.63) is 77.3 Å². The second kappa shape index (κ2) is 7.81. The minimum atomic E-state index is -0.325. The molecule has 1 N–H and O–H groups in total. The fourth-order valence-electron chi connectivity index (χ4n) is 2.36. The predicted molar refractivity (Wildman–Crippen MR) is 101 cm³/mol. The van der Waals surface area contributed by atoms with E-state index in [9.17, 15) is 4.79 Å². The molecule has 3 aromatic carbocycles. The highest BCUT2D eigenvalue weighted by molar-refractivity contribution is 6.31. The highest BCUT2D eigenvalue weighted by Gasteiger charge is 2.04. The highest BCUT2D eigenvalue weighted by atomic mass is 35.5. The average molecular weight is 353 g/mol. The lowest BCUT2D eigenvalue weighted by atomic mass is 10.1. The van der Waals surface area contributed by atoms with Crippen LogP contribution in [0.2, 0.25) is 5.02 Å². The summed E-state index contributed by atoms with van der Waals surface area (Å²) in [6, 6.07) is 21.0. The van der Waals surface area contributed by atoms with E-state index < -0.39 is 0 Å². The zero-order chi connectivity index (χ0) is 17.6. The molecule has 0 saturated carbocycles. The van der Waals surface area contributed by atoms with E-state index in [1.54, 1.807) is 19.1 Å². The van der Waals surface area contributed by atoms with Crippen molar-refractivity contribution < 1.29 is 9.53 Å². The Hall–Kier alpha value is -2.85. The van der Waals surface area contributed by atoms with Crippen LogP contribution in [-0.4, -0.2) is 18.2 Å². The van der Waals surface area contributed by atoms with Crippen molar-refractivity contribution in [3.8, 4) is 5.75 Å². The van der Waals surface area contributed by atoms with E-state index in [-0.39, 0.29) is 12.5 Å². The highest BCUT2D eigenvalue weighted by Crippen LogP contribution is 2.20. The molecule has 0 saturated heterocycles. The first-order valence-corrected chi connectivity index (χ1v) is 8.20. The summed E-state index contributed by atoms with van der Waals surface area (Å²) in [5.74, 6) is 0.318. The summed E-state index contributed by atoms with van der Waals surface area (Å²) >= 11 is 5.95. The van der Waals surface area contributed by atoms with E-state index in [0.717, 1.165) is 16.3 Å². The SMILES string of the molecule is C/C(=N\NC(=O)COc1ccc2ccccc2c1)c1cccc(Cl)c1. The summed E-state index contributed by atoms with van der Waals surface area (Å²) in [6.07, 6.45) is 0. The van der Waals surface area contributed by atoms with Gasteiger partial charge in [0.15, 0.2) is 6.61 Å². The molecule has 0 bridgehead atoms. The van der Waals surface area contributed by atoms with Crippen LogP contribution in [0, 0.1) is 0 Å². The monoisotopic (exact) mass is 352 g/mol. The lowest BCUT2D eigenvalue weighted by molar-refractivity contribution is -0.123. The summed E-state index contributed by atoms with van der Waals surface area (Å²) < 4.78 is 5.53. The third kappa shape index (κ3) is 4.58. The molecule has 0 atom stereocenters. The Morgan fingerprint density at radius 1 is 1.04 bits per heavy atom. The molecule has 126 valence electrons. The van der Waals surface area contributed by atoms with Gasteiger partial charge in [0.25, 0.3) is 5.91 Å². The van der Waals surface area contributed by atoms with Crippen molar-refractivity contribution in [3.63, 3.8) is 0 Å². The number of ether oxygens (including phenoxy) is 1. The van der Waals surface area contributed by atoms with Gasteiger partial charge in [-0.1, -0.05) is 54.1 Å². The molecule has 0 spiro atoms. The summed E-state index contributed by atoms with van der Waals surface area (Å²) in [5.41, 5.74) is 4.01. The summed E-state index contributed by atoms with van der Waals surface area (Å²) in [6.45, 7) is 1.70. The molecule has 0 aliphatic heterocycles. The Labute approximate surface area is 151 Å². The van der Waals surface area contributed by atoms with Crippen LogP contribution in [0.1, 0.15) is 12.5 Å². The molecule has 0 fully saturated rings. The Morgan fingerprint density at radius 2 is 1.84 bits per heavy atom. The van der Waals surface area contributed by atoms with Crippen LogP contribution in [0.4, 0.5) is 0 Å². The zero-order valence-corrected chi connectivity index (χ0v) is 14.5. The standard InChI is InChI=1S/C20H17ClN2O2/c1-14(16-7-4-8-18(21)11-16)22-23-20(24)13-25-19-10-9-15-5-2-3-6-17(15)12-19/h2-12H,13H2,1H3,(H,23,24)/b22-14+. The van der Waals surface area contributed by atoms with Gasteiger partial charge in [-0.25, -0.2) is 5.43 Å². The van der Waals surface area contributed by atoms with Gasteiger partial charge in [-0.05, 0) is 47.5 Å². The largest absolute Gasteiger partial charge is 0.484 e. The lowest BCUT2D eigenvalue weighted by Gasteiger charge is -2.07. The van der Waals surface area contributed by atoms with Crippen molar-refractivity contribution in [2.45, 2.75) is 6.92 Å². The topological polar surface area (TPSA) is 50.7 Å². The zero-order valence-electron chi connectivity index (χ0n) is 13.7. The number of nitrogens with zero attached hydrogens (tertiary/aromatic N) is 1. The van der Waals surface area contributed by atoms with Gasteiger partial charge in [0.05, 0.1) is 5.71 Å². The third-order valence-electron chi connectivity index (χ3n) is 3.68. The van der Waals surface area contributed by atoms with Gasteiger partial charge in [0, 0.05) is 5.02 Å². The van der Waals surface area contributed by atoms with Crippen LogP contribution in [-0.2, 0) is 4.79 Å². The molecular weight excluding hydrogens is 336 g/mol. The minimum absolute atomic E-state index is 0.106. The Balaban J connectivity index is 1.57. The number of carbonyl (C=O) groups is 1. The molecule has 1 amide bonds. The summed E-state index contributed by atoms with van der Waals surface area (Å²) in [7, 11) is 0. The van der Waals surface area contributed by atoms with Gasteiger partial charge in [0.1, 0.15) is 5.75 Å². The molecule has 4 nitrogen and oxygen atoms in total. The van der Waals surface area contributed by atoms with Gasteiger partial charge in [-0.3, -0.25) is 4.79 Å². The van der Waals surface area contributed by atoms with Crippen LogP contribution in [0.25, 0.3) is 10.8 Å². The van der Waals surface area contributed by atoms with Crippen molar-refractivity contribution in [2.24, 2.45) is 5.10 Å². The summed E-state index contributed by atoms with van der Waals surface area (Å²) in [4.78, 5) is 11.9. The fraction of sp³-hybridized carbons (Fsp3) is 0.100. The second-order valence-electron chi connectivity index (χ2n) is 5.54. The first-order chi connectivity index (χ1) is 12.1. The fourth-order valence-corrected chi connectivity index (χ4v) is 2.55. The van der Waals surface area contributed by atoms with Gasteiger partial charge >= 0.3 is 0 Å². The maximum absolute atomic E-state index is 11.9. The smallest absolute Gasteiger partial charge is 0.277 e. The van der Waals surface area contributed by atoms with Gasteiger partial charge in [0.2, 0.25) is 0 Å². The quantitative estimate of drug-likeness (QED) is 0.546. The maximum Gasteiger partial charge on any atom is 0.277 e. The van der Waals surface area contributed by atoms with Crippen LogP contribution in [0.15, 0.2) is 71.8 Å². The molecule has 5 heteroatoms. The Bertz CT molecular complexity index is 938. The molecule has 0 aromatic heterocycles. The van der Waals surface area contributed by atoms with Crippen LogP contribution in [0.5, 0.6) is 5.75 Å². The van der Waals surface area contributed by atoms with Crippen LogP contribution < -0.4 is 10.2 Å². The van der Waals surface area contributed by atoms with Crippen molar-refractivity contribution in [1.82, 2.24) is 5.43 Å². The maximum atomic E-state index is 11.9. The molecular formula is C20H17ClN2O2. The van der Waals surface area contributed by atoms with Gasteiger partial charge in [-0.2, -0.15) is 5.10 Å². The first-order valence-electron chi connectivity index (χ1n) is 7.82.